The van der Waals surface area contributed by atoms with Crippen LogP contribution in [0.15, 0.2) is 35.6 Å². The lowest BCUT2D eigenvalue weighted by Crippen LogP contribution is -2.42. The molecule has 0 spiro atoms. The van der Waals surface area contributed by atoms with Gasteiger partial charge in [0.15, 0.2) is 9.84 Å². The van der Waals surface area contributed by atoms with Gasteiger partial charge in [0.25, 0.3) is 5.91 Å². The Morgan fingerprint density at radius 3 is 2.88 bits per heavy atom. The van der Waals surface area contributed by atoms with E-state index in [4.69, 9.17) is 0 Å². The monoisotopic (exact) mass is 374 g/mol. The van der Waals surface area contributed by atoms with E-state index < -0.39 is 15.9 Å². The molecule has 0 bridgehead atoms. The maximum absolute atomic E-state index is 12.5. The maximum atomic E-state index is 12.5. The summed E-state index contributed by atoms with van der Waals surface area (Å²) in [6, 6.07) is 6.97. The minimum Gasteiger partial charge on any atom is -0.361 e. The third kappa shape index (κ3) is 3.22. The Labute approximate surface area is 150 Å². The molecular weight excluding hydrogens is 356 g/mol. The molecule has 1 aromatic heterocycles. The summed E-state index contributed by atoms with van der Waals surface area (Å²) < 4.78 is 23.3. The highest BCUT2D eigenvalue weighted by atomic mass is 32.2. The second kappa shape index (κ2) is 6.24. The van der Waals surface area contributed by atoms with Gasteiger partial charge in [-0.15, -0.1) is 0 Å². The van der Waals surface area contributed by atoms with Crippen molar-refractivity contribution in [3.63, 3.8) is 0 Å². The topological polar surface area (TPSA) is 112 Å². The lowest BCUT2D eigenvalue weighted by atomic mass is 10.1. The standard InChI is InChI=1S/C17H18N4O4S/c22-16-4-3-14(20-21(16)13-6-8-26(24,25)10-13)17(23)19-12-2-1-11-5-7-18-15(11)9-12/h1-2,5,7,9,13,18H,3-4,6,8,10H2,(H,19,23)/t13-/m0/s1. The second-order valence-electron chi connectivity index (χ2n) is 6.58. The van der Waals surface area contributed by atoms with Crippen molar-refractivity contribution in [3.8, 4) is 0 Å². The Kier molecular flexibility index (Phi) is 4.03. The highest BCUT2D eigenvalue weighted by Gasteiger charge is 2.37. The number of nitrogens with one attached hydrogen (secondary N) is 2. The van der Waals surface area contributed by atoms with Crippen LogP contribution in [0.5, 0.6) is 0 Å². The molecule has 0 unspecified atom stereocenters. The summed E-state index contributed by atoms with van der Waals surface area (Å²) in [7, 11) is -3.14. The summed E-state index contributed by atoms with van der Waals surface area (Å²) in [6.45, 7) is 0. The van der Waals surface area contributed by atoms with E-state index >= 15 is 0 Å². The van der Waals surface area contributed by atoms with Gasteiger partial charge in [0.05, 0.1) is 17.5 Å². The van der Waals surface area contributed by atoms with Gasteiger partial charge >= 0.3 is 0 Å². The quantitative estimate of drug-likeness (QED) is 0.842. The molecule has 2 aliphatic rings. The molecule has 2 amide bonds. The number of benzene rings is 1. The Bertz CT molecular complexity index is 1020. The molecule has 0 aliphatic carbocycles. The summed E-state index contributed by atoms with van der Waals surface area (Å²) in [5.74, 6) is -0.666. The van der Waals surface area contributed by atoms with E-state index in [1.54, 1.807) is 6.07 Å². The molecule has 136 valence electrons. The van der Waals surface area contributed by atoms with Crippen molar-refractivity contribution in [3.05, 3.63) is 30.5 Å². The minimum absolute atomic E-state index is 0.0503. The van der Waals surface area contributed by atoms with Gasteiger partial charge < -0.3 is 10.3 Å². The molecule has 0 saturated carbocycles. The van der Waals surface area contributed by atoms with Crippen LogP contribution < -0.4 is 5.32 Å². The zero-order valence-corrected chi connectivity index (χ0v) is 14.8. The average molecular weight is 374 g/mol. The Hall–Kier alpha value is -2.68. The highest BCUT2D eigenvalue weighted by molar-refractivity contribution is 7.91. The molecule has 2 aromatic rings. The number of carbonyl (C=O) groups excluding carboxylic acids is 2. The van der Waals surface area contributed by atoms with Crippen LogP contribution in [-0.2, 0) is 19.4 Å². The first-order chi connectivity index (χ1) is 12.4. The van der Waals surface area contributed by atoms with Gasteiger partial charge in [-0.2, -0.15) is 5.10 Å². The first-order valence-electron chi connectivity index (χ1n) is 8.40. The fourth-order valence-electron chi connectivity index (χ4n) is 3.32. The number of rotatable bonds is 3. The van der Waals surface area contributed by atoms with Gasteiger partial charge in [-0.1, -0.05) is 6.07 Å². The summed E-state index contributed by atoms with van der Waals surface area (Å²) in [6.07, 6.45) is 2.57. The van der Waals surface area contributed by atoms with Crippen LogP contribution in [0, 0.1) is 0 Å². The number of sulfone groups is 1. The summed E-state index contributed by atoms with van der Waals surface area (Å²) in [4.78, 5) is 27.7. The number of hydrazone groups is 1. The smallest absolute Gasteiger partial charge is 0.271 e. The number of hydrogen-bond donors (Lipinski definition) is 2. The molecule has 1 fully saturated rings. The number of hydrogen-bond acceptors (Lipinski definition) is 5. The second-order valence-corrected chi connectivity index (χ2v) is 8.80. The summed E-state index contributed by atoms with van der Waals surface area (Å²) >= 11 is 0. The van der Waals surface area contributed by atoms with E-state index in [9.17, 15) is 18.0 Å². The van der Waals surface area contributed by atoms with Gasteiger partial charge in [-0.05, 0) is 30.0 Å². The number of anilines is 1. The van der Waals surface area contributed by atoms with Crippen LogP contribution in [-0.4, -0.2) is 53.5 Å². The zero-order chi connectivity index (χ0) is 18.3. The summed E-state index contributed by atoms with van der Waals surface area (Å²) in [5, 5.41) is 9.20. The molecule has 8 nitrogen and oxygen atoms in total. The zero-order valence-electron chi connectivity index (χ0n) is 13.9. The van der Waals surface area contributed by atoms with Gasteiger partial charge in [0, 0.05) is 30.2 Å². The number of nitrogens with zero attached hydrogens (tertiary/aromatic N) is 2. The predicted molar refractivity (Wildman–Crippen MR) is 97.5 cm³/mol. The first-order valence-corrected chi connectivity index (χ1v) is 10.2. The number of H-pyrrole nitrogens is 1. The lowest BCUT2D eigenvalue weighted by molar-refractivity contribution is -0.133. The van der Waals surface area contributed by atoms with Crippen molar-refractivity contribution in [2.75, 3.05) is 16.8 Å². The largest absolute Gasteiger partial charge is 0.361 e. The van der Waals surface area contributed by atoms with Crippen LogP contribution in [0.3, 0.4) is 0 Å². The van der Waals surface area contributed by atoms with E-state index in [-0.39, 0.29) is 41.9 Å². The normalized spacial score (nSPS) is 22.5. The maximum Gasteiger partial charge on any atom is 0.271 e. The van der Waals surface area contributed by atoms with Crippen molar-refractivity contribution in [2.45, 2.75) is 25.3 Å². The number of aromatic amines is 1. The SMILES string of the molecule is O=C(Nc1ccc2cc[nH]c2c1)C1=NN([C@H]2CCS(=O)(=O)C2)C(=O)CC1. The molecule has 2 N–H and O–H groups in total. The third-order valence-electron chi connectivity index (χ3n) is 4.69. The van der Waals surface area contributed by atoms with Crippen LogP contribution >= 0.6 is 0 Å². The van der Waals surface area contributed by atoms with E-state index in [0.717, 1.165) is 10.9 Å². The summed E-state index contributed by atoms with van der Waals surface area (Å²) in [5.41, 5.74) is 1.77. The fourth-order valence-corrected chi connectivity index (χ4v) is 5.01. The minimum atomic E-state index is -3.14. The molecule has 3 heterocycles. The van der Waals surface area contributed by atoms with Crippen LogP contribution in [0.4, 0.5) is 5.69 Å². The molecule has 1 atom stereocenters. The predicted octanol–water partition coefficient (Wildman–Crippen LogP) is 1.27. The van der Waals surface area contributed by atoms with Crippen molar-refractivity contribution < 1.29 is 18.0 Å². The van der Waals surface area contributed by atoms with Gasteiger partial charge in [0.2, 0.25) is 5.91 Å². The van der Waals surface area contributed by atoms with Crippen LogP contribution in [0.1, 0.15) is 19.3 Å². The third-order valence-corrected chi connectivity index (χ3v) is 6.44. The van der Waals surface area contributed by atoms with E-state index in [0.29, 0.717) is 12.1 Å². The number of amides is 2. The number of carbonyl (C=O) groups is 2. The lowest BCUT2D eigenvalue weighted by Gasteiger charge is -2.27. The van der Waals surface area contributed by atoms with Crippen LogP contribution in [0.2, 0.25) is 0 Å². The molecule has 1 aromatic carbocycles. The Morgan fingerprint density at radius 2 is 2.12 bits per heavy atom. The van der Waals surface area contributed by atoms with E-state index in [2.05, 4.69) is 15.4 Å². The van der Waals surface area contributed by atoms with Gasteiger partial charge in [-0.3, -0.25) is 9.59 Å². The van der Waals surface area contributed by atoms with Gasteiger partial charge in [-0.25, -0.2) is 13.4 Å². The van der Waals surface area contributed by atoms with E-state index in [1.165, 1.54) is 5.01 Å². The average Bonchev–Trinajstić information content (AvgIpc) is 3.20. The number of aromatic nitrogens is 1. The molecule has 2 aliphatic heterocycles. The molecule has 0 radical (unpaired) electrons. The fraction of sp³-hybridized carbons (Fsp3) is 0.353. The van der Waals surface area contributed by atoms with Crippen molar-refractivity contribution in [1.29, 1.82) is 0 Å². The molecule has 1 saturated heterocycles. The first kappa shape index (κ1) is 16.8. The van der Waals surface area contributed by atoms with E-state index in [1.807, 2.05) is 24.4 Å². The molecule has 4 rings (SSSR count). The highest BCUT2D eigenvalue weighted by Crippen LogP contribution is 2.23. The van der Waals surface area contributed by atoms with Crippen molar-refractivity contribution >= 4 is 44.0 Å². The Morgan fingerprint density at radius 1 is 1.27 bits per heavy atom. The van der Waals surface area contributed by atoms with Crippen molar-refractivity contribution in [1.82, 2.24) is 9.99 Å². The molecule has 9 heteroatoms. The van der Waals surface area contributed by atoms with Crippen LogP contribution in [0.25, 0.3) is 10.9 Å². The molecular formula is C17H18N4O4S. The number of fused-ring (bicyclic) bond motifs is 1. The van der Waals surface area contributed by atoms with Gasteiger partial charge in [0.1, 0.15) is 5.71 Å². The van der Waals surface area contributed by atoms with Crippen molar-refractivity contribution in [2.24, 2.45) is 5.10 Å². The Balaban J connectivity index is 1.52. The molecule has 26 heavy (non-hydrogen) atoms.